The summed E-state index contributed by atoms with van der Waals surface area (Å²) in [6.45, 7) is 6.25. The van der Waals surface area contributed by atoms with Crippen molar-refractivity contribution in [3.05, 3.63) is 0 Å². The summed E-state index contributed by atoms with van der Waals surface area (Å²) in [6, 6.07) is 0. The molecule has 0 radical (unpaired) electrons. The van der Waals surface area contributed by atoms with Gasteiger partial charge in [-0.3, -0.25) is 4.79 Å². The lowest BCUT2D eigenvalue weighted by molar-refractivity contribution is -0.145. The molecule has 0 aliphatic rings. The molecular weight excluding hydrogens is 222 g/mol. The Bertz CT molecular complexity index is 205. The van der Waals surface area contributed by atoms with Crippen LogP contribution in [0.4, 0.5) is 0 Å². The first-order valence-electron chi connectivity index (χ1n) is 6.20. The molecule has 0 amide bonds. The van der Waals surface area contributed by atoms with Crippen LogP contribution in [-0.4, -0.2) is 50.1 Å². The molecule has 5 heteroatoms. The highest BCUT2D eigenvalue weighted by atomic mass is 16.5. The Balaban J connectivity index is 3.73. The van der Waals surface area contributed by atoms with Crippen molar-refractivity contribution >= 4 is 5.97 Å². The van der Waals surface area contributed by atoms with Gasteiger partial charge in [-0.05, 0) is 33.2 Å². The van der Waals surface area contributed by atoms with Gasteiger partial charge in [0.2, 0.25) is 0 Å². The van der Waals surface area contributed by atoms with Gasteiger partial charge in [-0.2, -0.15) is 0 Å². The summed E-state index contributed by atoms with van der Waals surface area (Å²) in [6.07, 6.45) is 1.87. The third-order valence-corrected chi connectivity index (χ3v) is 2.96. The molecule has 1 atom stereocenters. The molecule has 102 valence electrons. The topological polar surface area (TPSA) is 67.8 Å². The molecule has 0 aliphatic heterocycles. The number of nitrogens with one attached hydrogen (secondary N) is 1. The van der Waals surface area contributed by atoms with E-state index in [1.54, 1.807) is 7.05 Å². The summed E-state index contributed by atoms with van der Waals surface area (Å²) in [5.41, 5.74) is -0.816. The lowest BCUT2D eigenvalue weighted by atomic mass is 9.91. The average Bonchev–Trinajstić information content (AvgIpc) is 2.33. The van der Waals surface area contributed by atoms with Crippen molar-refractivity contribution in [2.45, 2.75) is 38.6 Å². The summed E-state index contributed by atoms with van der Waals surface area (Å²) in [5, 5.41) is 12.1. The fourth-order valence-corrected chi connectivity index (χ4v) is 1.68. The number of likely N-dealkylation sites (N-methyl/N-ethyl adjacent to an activating group) is 1. The number of hydrogen-bond acceptors (Lipinski definition) is 4. The Kier molecular flexibility index (Phi) is 9.03. The van der Waals surface area contributed by atoms with Crippen LogP contribution in [0, 0.1) is 0 Å². The van der Waals surface area contributed by atoms with Crippen molar-refractivity contribution in [1.29, 1.82) is 0 Å². The van der Waals surface area contributed by atoms with E-state index in [0.717, 1.165) is 6.42 Å². The van der Waals surface area contributed by atoms with Gasteiger partial charge in [-0.25, -0.2) is 0 Å². The lowest BCUT2D eigenvalue weighted by Crippen LogP contribution is -2.49. The second-order valence-corrected chi connectivity index (χ2v) is 3.90. The number of rotatable bonds is 11. The van der Waals surface area contributed by atoms with E-state index in [2.05, 4.69) is 5.32 Å². The molecule has 0 rings (SSSR count). The largest absolute Gasteiger partial charge is 0.480 e. The molecule has 0 aromatic carbocycles. The van der Waals surface area contributed by atoms with Crippen LogP contribution in [0.1, 0.15) is 33.1 Å². The monoisotopic (exact) mass is 247 g/mol. The van der Waals surface area contributed by atoms with Crippen LogP contribution in [0.3, 0.4) is 0 Å². The second-order valence-electron chi connectivity index (χ2n) is 3.90. The van der Waals surface area contributed by atoms with E-state index in [0.29, 0.717) is 39.3 Å². The standard InChI is InChI=1S/C12H25NO4/c1-4-12(13-3,11(14)15)7-6-8-17-10-9-16-5-2/h13H,4-10H2,1-3H3,(H,14,15). The van der Waals surface area contributed by atoms with Gasteiger partial charge in [-0.1, -0.05) is 6.92 Å². The zero-order valence-corrected chi connectivity index (χ0v) is 11.1. The fraction of sp³-hybridized carbons (Fsp3) is 0.917. The van der Waals surface area contributed by atoms with Crippen LogP contribution in [0.5, 0.6) is 0 Å². The molecule has 0 bridgehead atoms. The number of carbonyl (C=O) groups is 1. The summed E-state index contributed by atoms with van der Waals surface area (Å²) in [7, 11) is 1.69. The number of ether oxygens (including phenoxy) is 2. The van der Waals surface area contributed by atoms with Gasteiger partial charge in [0.1, 0.15) is 5.54 Å². The molecule has 0 aromatic heterocycles. The third kappa shape index (κ3) is 6.00. The quantitative estimate of drug-likeness (QED) is 0.538. The summed E-state index contributed by atoms with van der Waals surface area (Å²) in [4.78, 5) is 11.2. The maximum atomic E-state index is 11.2. The highest BCUT2D eigenvalue weighted by molar-refractivity contribution is 5.78. The predicted molar refractivity (Wildman–Crippen MR) is 66.3 cm³/mol. The molecule has 0 saturated heterocycles. The molecule has 0 fully saturated rings. The number of hydrogen-bond donors (Lipinski definition) is 2. The first kappa shape index (κ1) is 16.4. The lowest BCUT2D eigenvalue weighted by Gasteiger charge is -2.27. The highest BCUT2D eigenvalue weighted by Crippen LogP contribution is 2.17. The van der Waals surface area contributed by atoms with Crippen LogP contribution >= 0.6 is 0 Å². The van der Waals surface area contributed by atoms with E-state index >= 15 is 0 Å². The van der Waals surface area contributed by atoms with Crippen molar-refractivity contribution in [2.75, 3.05) is 33.5 Å². The van der Waals surface area contributed by atoms with E-state index in [1.807, 2.05) is 13.8 Å². The van der Waals surface area contributed by atoms with Crippen LogP contribution < -0.4 is 5.32 Å². The molecule has 5 nitrogen and oxygen atoms in total. The van der Waals surface area contributed by atoms with Gasteiger partial charge in [0.25, 0.3) is 0 Å². The Morgan fingerprint density at radius 3 is 2.35 bits per heavy atom. The van der Waals surface area contributed by atoms with E-state index in [1.165, 1.54) is 0 Å². The molecule has 0 heterocycles. The highest BCUT2D eigenvalue weighted by Gasteiger charge is 2.33. The fourth-order valence-electron chi connectivity index (χ4n) is 1.68. The maximum Gasteiger partial charge on any atom is 0.323 e. The smallest absolute Gasteiger partial charge is 0.323 e. The van der Waals surface area contributed by atoms with Crippen LogP contribution in [0.2, 0.25) is 0 Å². The zero-order valence-electron chi connectivity index (χ0n) is 11.1. The SMILES string of the molecule is CCOCCOCCCC(CC)(NC)C(=O)O. The molecule has 17 heavy (non-hydrogen) atoms. The number of carboxylic acid groups (broad SMARTS) is 1. The van der Waals surface area contributed by atoms with E-state index in [4.69, 9.17) is 9.47 Å². The minimum Gasteiger partial charge on any atom is -0.480 e. The van der Waals surface area contributed by atoms with Crippen LogP contribution in [0.15, 0.2) is 0 Å². The Labute approximate surface area is 103 Å². The van der Waals surface area contributed by atoms with Crippen LogP contribution in [-0.2, 0) is 14.3 Å². The van der Waals surface area contributed by atoms with E-state index in [-0.39, 0.29) is 0 Å². The number of carboxylic acids is 1. The molecule has 2 N–H and O–H groups in total. The van der Waals surface area contributed by atoms with Gasteiger partial charge >= 0.3 is 5.97 Å². The van der Waals surface area contributed by atoms with E-state index in [9.17, 15) is 9.90 Å². The molecule has 1 unspecified atom stereocenters. The molecular formula is C12H25NO4. The molecule has 0 aliphatic carbocycles. The summed E-state index contributed by atoms with van der Waals surface area (Å²) in [5.74, 6) is -0.795. The van der Waals surface area contributed by atoms with Gasteiger partial charge in [0, 0.05) is 13.2 Å². The second kappa shape index (κ2) is 9.39. The maximum absolute atomic E-state index is 11.2. The predicted octanol–water partition coefficient (Wildman–Crippen LogP) is 1.27. The van der Waals surface area contributed by atoms with Crippen molar-refractivity contribution < 1.29 is 19.4 Å². The van der Waals surface area contributed by atoms with Crippen molar-refractivity contribution in [3.63, 3.8) is 0 Å². The van der Waals surface area contributed by atoms with Crippen molar-refractivity contribution in [2.24, 2.45) is 0 Å². The normalized spacial score (nSPS) is 14.5. The molecule has 0 saturated carbocycles. The van der Waals surface area contributed by atoms with Crippen molar-refractivity contribution in [1.82, 2.24) is 5.32 Å². The molecule has 0 spiro atoms. The van der Waals surface area contributed by atoms with Gasteiger partial charge in [-0.15, -0.1) is 0 Å². The van der Waals surface area contributed by atoms with Gasteiger partial charge < -0.3 is 19.9 Å². The Hall–Kier alpha value is -0.650. The Morgan fingerprint density at radius 2 is 1.88 bits per heavy atom. The van der Waals surface area contributed by atoms with Gasteiger partial charge in [0.15, 0.2) is 0 Å². The minimum atomic E-state index is -0.816. The average molecular weight is 247 g/mol. The first-order chi connectivity index (χ1) is 8.13. The molecule has 0 aromatic rings. The third-order valence-electron chi connectivity index (χ3n) is 2.96. The zero-order chi connectivity index (χ0) is 13.1. The summed E-state index contributed by atoms with van der Waals surface area (Å²) >= 11 is 0. The van der Waals surface area contributed by atoms with Crippen molar-refractivity contribution in [3.8, 4) is 0 Å². The Morgan fingerprint density at radius 1 is 1.24 bits per heavy atom. The summed E-state index contributed by atoms with van der Waals surface area (Å²) < 4.78 is 10.5. The minimum absolute atomic E-state index is 0.567. The first-order valence-corrected chi connectivity index (χ1v) is 6.20. The van der Waals surface area contributed by atoms with E-state index < -0.39 is 11.5 Å². The number of aliphatic carboxylic acids is 1. The van der Waals surface area contributed by atoms with Crippen LogP contribution in [0.25, 0.3) is 0 Å². The van der Waals surface area contributed by atoms with Gasteiger partial charge in [0.05, 0.1) is 13.2 Å².